The molecular weight excluding hydrogens is 517 g/mol. The Bertz CT molecular complexity index is 1520. The first kappa shape index (κ1) is 25.0. The van der Waals surface area contributed by atoms with Crippen LogP contribution in [-0.4, -0.2) is 53.0 Å². The average molecular weight is 544 g/mol. The van der Waals surface area contributed by atoms with E-state index in [9.17, 15) is 19.1 Å². The lowest BCUT2D eigenvalue weighted by molar-refractivity contribution is -0.120. The quantitative estimate of drug-likeness (QED) is 0.334. The molecule has 3 heterocycles. The van der Waals surface area contributed by atoms with E-state index in [0.717, 1.165) is 60.7 Å². The second kappa shape index (κ2) is 10.5. The van der Waals surface area contributed by atoms with E-state index in [1.807, 2.05) is 30.3 Å². The van der Waals surface area contributed by atoms with Gasteiger partial charge in [-0.15, -0.1) is 11.3 Å². The third-order valence-electron chi connectivity index (χ3n) is 7.13. The highest BCUT2D eigenvalue weighted by Gasteiger charge is 2.39. The molecule has 0 spiro atoms. The minimum absolute atomic E-state index is 0.00828. The first-order chi connectivity index (χ1) is 19.0. The highest BCUT2D eigenvalue weighted by atomic mass is 32.1. The minimum Gasteiger partial charge on any atom is -0.508 e. The van der Waals surface area contributed by atoms with E-state index in [1.165, 1.54) is 22.3 Å². The number of thiazole rings is 1. The number of amides is 2. The summed E-state index contributed by atoms with van der Waals surface area (Å²) < 4.78 is 14.2. The predicted molar refractivity (Wildman–Crippen MR) is 148 cm³/mol. The maximum Gasteiger partial charge on any atom is 0.255 e. The number of anilines is 2. The number of nitrogens with one attached hydrogen (secondary N) is 2. The number of aromatic nitrogens is 1. The third kappa shape index (κ3) is 4.96. The molecule has 198 valence electrons. The number of carbonyl (C=O) groups excluding carboxylic acids is 2. The number of nitrogens with zero attached hydrogens (tertiary/aromatic N) is 3. The van der Waals surface area contributed by atoms with Crippen molar-refractivity contribution in [3.63, 3.8) is 0 Å². The molecule has 3 aromatic carbocycles. The lowest BCUT2D eigenvalue weighted by atomic mass is 10.00. The molecule has 8 nitrogen and oxygen atoms in total. The molecule has 2 aliphatic rings. The molecule has 0 saturated carbocycles. The molecule has 10 heteroatoms. The van der Waals surface area contributed by atoms with Crippen molar-refractivity contribution in [1.29, 1.82) is 0 Å². The van der Waals surface area contributed by atoms with Gasteiger partial charge in [0.2, 0.25) is 0 Å². The number of fused-ring (bicyclic) bond motifs is 1. The summed E-state index contributed by atoms with van der Waals surface area (Å²) in [6, 6.07) is 16.1. The topological polar surface area (TPSA) is 97.8 Å². The number of hydrogen-bond acceptors (Lipinski definition) is 7. The first-order valence-electron chi connectivity index (χ1n) is 12.7. The van der Waals surface area contributed by atoms with Gasteiger partial charge in [-0.25, -0.2) is 9.37 Å². The van der Waals surface area contributed by atoms with E-state index in [4.69, 9.17) is 0 Å². The second-order valence-electron chi connectivity index (χ2n) is 9.52. The van der Waals surface area contributed by atoms with Gasteiger partial charge in [-0.2, -0.15) is 0 Å². The van der Waals surface area contributed by atoms with E-state index in [0.29, 0.717) is 10.7 Å². The van der Waals surface area contributed by atoms with Crippen LogP contribution >= 0.6 is 11.3 Å². The van der Waals surface area contributed by atoms with E-state index in [1.54, 1.807) is 11.6 Å². The van der Waals surface area contributed by atoms with Gasteiger partial charge in [0.25, 0.3) is 11.8 Å². The van der Waals surface area contributed by atoms with Crippen LogP contribution in [0.4, 0.5) is 15.2 Å². The van der Waals surface area contributed by atoms with Gasteiger partial charge in [0, 0.05) is 61.1 Å². The van der Waals surface area contributed by atoms with Crippen molar-refractivity contribution in [2.24, 2.45) is 0 Å². The summed E-state index contributed by atoms with van der Waals surface area (Å²) in [6.45, 7) is 3.98. The number of hydrogen-bond donors (Lipinski definition) is 3. The van der Waals surface area contributed by atoms with E-state index >= 15 is 0 Å². The highest BCUT2D eigenvalue weighted by Crippen LogP contribution is 2.38. The Kier molecular flexibility index (Phi) is 6.72. The summed E-state index contributed by atoms with van der Waals surface area (Å²) in [6.07, 6.45) is 1.55. The number of rotatable bonds is 6. The number of halogens is 1. The molecule has 39 heavy (non-hydrogen) atoms. The lowest BCUT2D eigenvalue weighted by Crippen LogP contribution is -2.43. The predicted octanol–water partition coefficient (Wildman–Crippen LogP) is 4.40. The molecule has 2 amide bonds. The van der Waals surface area contributed by atoms with Crippen molar-refractivity contribution < 1.29 is 19.1 Å². The van der Waals surface area contributed by atoms with E-state index in [2.05, 4.69) is 32.7 Å². The van der Waals surface area contributed by atoms with Crippen molar-refractivity contribution in [3.8, 4) is 16.9 Å². The molecule has 0 radical (unpaired) electrons. The van der Waals surface area contributed by atoms with E-state index < -0.39 is 17.8 Å². The van der Waals surface area contributed by atoms with E-state index in [-0.39, 0.29) is 23.8 Å². The number of phenols is 1. The average Bonchev–Trinajstić information content (AvgIpc) is 3.59. The standard InChI is InChI=1S/C29H26FN5O3S/c30-21-5-8-25(36)24(16-21)26(27(37)33-29-32-11-14-39-29)35-17-20-2-1-19(15-23(20)28(35)38)18-3-6-22(7-4-18)34-12-9-31-10-13-34/h1-8,11,14-16,26,31,36H,9-10,12-13,17H2,(H,32,33,37). The van der Waals surface area contributed by atoms with Crippen LogP contribution in [0.2, 0.25) is 0 Å². The van der Waals surface area contributed by atoms with Crippen molar-refractivity contribution >= 4 is 34.0 Å². The number of carbonyl (C=O) groups is 2. The molecule has 1 unspecified atom stereocenters. The van der Waals surface area contributed by atoms with Crippen LogP contribution in [0.3, 0.4) is 0 Å². The summed E-state index contributed by atoms with van der Waals surface area (Å²) in [7, 11) is 0. The van der Waals surface area contributed by atoms with Crippen molar-refractivity contribution in [1.82, 2.24) is 15.2 Å². The number of phenolic OH excluding ortho intramolecular Hbond substituents is 1. The molecule has 3 N–H and O–H groups in total. The smallest absolute Gasteiger partial charge is 0.255 e. The van der Waals surface area contributed by atoms with Gasteiger partial charge < -0.3 is 20.2 Å². The van der Waals surface area contributed by atoms with Gasteiger partial charge in [-0.1, -0.05) is 24.3 Å². The fraction of sp³-hybridized carbons (Fsp3) is 0.207. The van der Waals surface area contributed by atoms with Crippen LogP contribution < -0.4 is 15.5 Å². The summed E-state index contributed by atoms with van der Waals surface area (Å²) in [5, 5.41) is 18.7. The van der Waals surface area contributed by atoms with Gasteiger partial charge in [0.1, 0.15) is 17.6 Å². The molecule has 1 fully saturated rings. The largest absolute Gasteiger partial charge is 0.508 e. The molecule has 6 rings (SSSR count). The Morgan fingerprint density at radius 1 is 1.05 bits per heavy atom. The van der Waals surface area contributed by atoms with Gasteiger partial charge in [0.05, 0.1) is 0 Å². The first-order valence-corrected chi connectivity index (χ1v) is 13.5. The molecule has 0 aliphatic carbocycles. The molecular formula is C29H26FN5O3S. The van der Waals surface area contributed by atoms with Gasteiger partial charge >= 0.3 is 0 Å². The Morgan fingerprint density at radius 3 is 2.56 bits per heavy atom. The van der Waals surface area contributed by atoms with Crippen LogP contribution in [0.25, 0.3) is 11.1 Å². The zero-order valence-electron chi connectivity index (χ0n) is 20.9. The Morgan fingerprint density at radius 2 is 1.82 bits per heavy atom. The van der Waals surface area contributed by atoms with Crippen LogP contribution in [0, 0.1) is 5.82 Å². The summed E-state index contributed by atoms with van der Waals surface area (Å²) in [4.78, 5) is 34.9. The highest BCUT2D eigenvalue weighted by molar-refractivity contribution is 7.13. The Labute approximate surface area is 228 Å². The van der Waals surface area contributed by atoms with Crippen molar-refractivity contribution in [2.45, 2.75) is 12.6 Å². The number of aromatic hydroxyl groups is 1. The number of piperazine rings is 1. The minimum atomic E-state index is -1.26. The maximum absolute atomic E-state index is 14.2. The molecule has 1 aromatic heterocycles. The van der Waals surface area contributed by atoms with Crippen molar-refractivity contribution in [3.05, 3.63) is 94.7 Å². The third-order valence-corrected chi connectivity index (χ3v) is 7.82. The fourth-order valence-corrected chi connectivity index (χ4v) is 5.69. The molecule has 2 aliphatic heterocycles. The summed E-state index contributed by atoms with van der Waals surface area (Å²) >= 11 is 1.22. The van der Waals surface area contributed by atoms with Gasteiger partial charge in [-0.3, -0.25) is 14.9 Å². The maximum atomic E-state index is 14.2. The van der Waals surface area contributed by atoms with Crippen LogP contribution in [0.5, 0.6) is 5.75 Å². The SMILES string of the molecule is O=C(Nc1nccs1)C(c1cc(F)ccc1O)N1Cc2ccc(-c3ccc(N4CCNCC4)cc3)cc2C1=O. The Hall–Kier alpha value is -4.28. The molecule has 4 aromatic rings. The fourth-order valence-electron chi connectivity index (χ4n) is 5.15. The zero-order chi connectivity index (χ0) is 26.9. The Balaban J connectivity index is 1.30. The summed E-state index contributed by atoms with van der Waals surface area (Å²) in [5.74, 6) is -1.85. The van der Waals surface area contributed by atoms with Crippen LogP contribution in [0.1, 0.15) is 27.5 Å². The monoisotopic (exact) mass is 543 g/mol. The normalized spacial score (nSPS) is 15.8. The van der Waals surface area contributed by atoms with Gasteiger partial charge in [0.15, 0.2) is 5.13 Å². The van der Waals surface area contributed by atoms with Gasteiger partial charge in [-0.05, 0) is 53.1 Å². The summed E-state index contributed by atoms with van der Waals surface area (Å²) in [5.41, 5.74) is 4.25. The lowest BCUT2D eigenvalue weighted by Gasteiger charge is -2.29. The molecule has 1 saturated heterocycles. The van der Waals surface area contributed by atoms with Crippen LogP contribution in [0.15, 0.2) is 72.2 Å². The molecule has 0 bridgehead atoms. The van der Waals surface area contributed by atoms with Crippen LogP contribution in [-0.2, 0) is 11.3 Å². The molecule has 1 atom stereocenters. The second-order valence-corrected chi connectivity index (χ2v) is 10.4. The zero-order valence-corrected chi connectivity index (χ0v) is 21.7. The van der Waals surface area contributed by atoms with Crippen molar-refractivity contribution in [2.75, 3.05) is 36.4 Å². The number of benzene rings is 3.